The lowest BCUT2D eigenvalue weighted by molar-refractivity contribution is -0.150. The molecule has 0 aromatic rings. The summed E-state index contributed by atoms with van der Waals surface area (Å²) >= 11 is 0. The second-order valence-corrected chi connectivity index (χ2v) is 0.927. The number of ether oxygens (including phenoxy) is 1. The summed E-state index contributed by atoms with van der Waals surface area (Å²) in [4.78, 5) is 20.4. The molecule has 0 unspecified atom stereocenters. The molecular formula is C4H2O3. The zero-order valence-electron chi connectivity index (χ0n) is 5.22. The quantitative estimate of drug-likeness (QED) is 0.237. The van der Waals surface area contributed by atoms with Crippen LogP contribution in [-0.4, -0.2) is 11.9 Å². The number of hydrogen-bond acceptors (Lipinski definition) is 3. The van der Waals surface area contributed by atoms with Gasteiger partial charge in [0.05, 0.1) is 2.74 Å². The third-order valence-electron chi connectivity index (χ3n) is 0.452. The molecule has 0 aromatic heterocycles. The molecule has 1 rings (SSSR count). The highest BCUT2D eigenvalue weighted by Crippen LogP contribution is 1.92. The Bertz CT molecular complexity index is 196. The molecule has 0 spiro atoms. The Morgan fingerprint density at radius 3 is 2.00 bits per heavy atom. The zero-order valence-corrected chi connectivity index (χ0v) is 3.22. The standard InChI is InChI=1S/C4H2O3/c5-3-1-2-4(6)7-3/h1-2H/i1D,2D,3+1. The van der Waals surface area contributed by atoms with Gasteiger partial charge in [0.25, 0.3) is 0 Å². The monoisotopic (exact) mass is 101 g/mol. The lowest BCUT2D eigenvalue weighted by Crippen LogP contribution is -1.96. The predicted octanol–water partition coefficient (Wildman–Crippen LogP) is -0.374. The molecule has 0 amide bonds. The van der Waals surface area contributed by atoms with Crippen LogP contribution in [0.3, 0.4) is 0 Å². The average Bonchev–Trinajstić information content (AvgIpc) is 1.98. The van der Waals surface area contributed by atoms with Gasteiger partial charge in [0, 0.05) is 12.1 Å². The second-order valence-electron chi connectivity index (χ2n) is 0.927. The summed E-state index contributed by atoms with van der Waals surface area (Å²) in [6.45, 7) is 0. The van der Waals surface area contributed by atoms with E-state index in [-0.39, 0.29) is 0 Å². The SMILES string of the molecule is [2H]C1=C([2H])[13C](=O)OC1=O. The first-order valence-electron chi connectivity index (χ1n) is 2.57. The number of rotatable bonds is 0. The fraction of sp³-hybridized carbons (Fsp3) is 0. The molecule has 7 heavy (non-hydrogen) atoms. The van der Waals surface area contributed by atoms with Crippen LogP contribution >= 0.6 is 0 Å². The van der Waals surface area contributed by atoms with E-state index >= 15 is 0 Å². The summed E-state index contributed by atoms with van der Waals surface area (Å²) in [6.07, 6.45) is 0. The van der Waals surface area contributed by atoms with Gasteiger partial charge in [-0.25, -0.2) is 9.59 Å². The van der Waals surface area contributed by atoms with E-state index in [0.717, 1.165) is 0 Å². The molecule has 0 N–H and O–H groups in total. The van der Waals surface area contributed by atoms with Gasteiger partial charge in [0.2, 0.25) is 0 Å². The number of hydrogen-bond donors (Lipinski definition) is 0. The smallest absolute Gasteiger partial charge is 0.338 e. The van der Waals surface area contributed by atoms with E-state index in [9.17, 15) is 9.59 Å². The van der Waals surface area contributed by atoms with Crippen molar-refractivity contribution in [2.75, 3.05) is 0 Å². The molecule has 3 heteroatoms. The summed E-state index contributed by atoms with van der Waals surface area (Å²) in [5, 5.41) is 0. The van der Waals surface area contributed by atoms with E-state index in [1.54, 1.807) is 0 Å². The first-order valence-corrected chi connectivity index (χ1v) is 1.57. The van der Waals surface area contributed by atoms with E-state index in [1.807, 2.05) is 0 Å². The van der Waals surface area contributed by atoms with E-state index in [1.165, 1.54) is 0 Å². The second kappa shape index (κ2) is 1.18. The Labute approximate surface area is 42.4 Å². The van der Waals surface area contributed by atoms with Gasteiger partial charge >= 0.3 is 11.9 Å². The molecule has 1 aliphatic heterocycles. The molecule has 3 nitrogen and oxygen atoms in total. The topological polar surface area (TPSA) is 43.4 Å². The Morgan fingerprint density at radius 2 is 1.86 bits per heavy atom. The van der Waals surface area contributed by atoms with Crippen LogP contribution in [0, 0.1) is 0 Å². The Hall–Kier alpha value is -1.12. The van der Waals surface area contributed by atoms with Gasteiger partial charge in [-0.05, 0) is 0 Å². The normalized spacial score (nSPS) is 24.6. The number of esters is 2. The van der Waals surface area contributed by atoms with Gasteiger partial charge in [0.1, 0.15) is 0 Å². The Morgan fingerprint density at radius 1 is 1.43 bits per heavy atom. The summed E-state index contributed by atoms with van der Waals surface area (Å²) in [6, 6.07) is -1.33. The average molecular weight is 101 g/mol. The highest BCUT2D eigenvalue weighted by atomic mass is 16.7. The molecule has 0 aromatic carbocycles. The maximum absolute atomic E-state index is 10.2. The van der Waals surface area contributed by atoms with Gasteiger partial charge in [-0.3, -0.25) is 0 Å². The minimum absolute atomic E-state index is 0.667. The van der Waals surface area contributed by atoms with Crippen molar-refractivity contribution in [1.82, 2.24) is 0 Å². The molecule has 0 fully saturated rings. The fourth-order valence-electron chi connectivity index (χ4n) is 0.237. The van der Waals surface area contributed by atoms with Crippen molar-refractivity contribution in [2.24, 2.45) is 0 Å². The van der Waals surface area contributed by atoms with E-state index in [4.69, 9.17) is 2.74 Å². The fourth-order valence-corrected chi connectivity index (χ4v) is 0.237. The summed E-state index contributed by atoms with van der Waals surface area (Å²) in [7, 11) is 0. The van der Waals surface area contributed by atoms with E-state index in [2.05, 4.69) is 4.74 Å². The van der Waals surface area contributed by atoms with Crippen molar-refractivity contribution in [3.05, 3.63) is 12.1 Å². The number of carbonyl (C=O) groups excluding carboxylic acids is 2. The van der Waals surface area contributed by atoms with E-state index in [0.29, 0.717) is 0 Å². The largest absolute Gasteiger partial charge is 0.387 e. The first kappa shape index (κ1) is 2.26. The van der Waals surface area contributed by atoms with Crippen molar-refractivity contribution < 1.29 is 17.1 Å². The van der Waals surface area contributed by atoms with Crippen LogP contribution in [0.4, 0.5) is 0 Å². The molecule has 36 valence electrons. The van der Waals surface area contributed by atoms with Crippen LogP contribution in [0.25, 0.3) is 0 Å². The van der Waals surface area contributed by atoms with Crippen LogP contribution in [0.2, 0.25) is 0 Å². The van der Waals surface area contributed by atoms with Crippen molar-refractivity contribution in [2.45, 2.75) is 0 Å². The Kier molecular flexibility index (Phi) is 0.381. The van der Waals surface area contributed by atoms with Crippen LogP contribution in [0.1, 0.15) is 2.74 Å². The minimum atomic E-state index is -1.04. The Balaban J connectivity index is 3.06. The molecule has 0 bridgehead atoms. The van der Waals surface area contributed by atoms with Crippen LogP contribution < -0.4 is 0 Å². The molecular weight excluding hydrogens is 97.0 g/mol. The van der Waals surface area contributed by atoms with Gasteiger partial charge in [-0.15, -0.1) is 0 Å². The maximum atomic E-state index is 10.2. The predicted molar refractivity (Wildman–Crippen MR) is 20.2 cm³/mol. The molecule has 0 atom stereocenters. The van der Waals surface area contributed by atoms with Gasteiger partial charge < -0.3 is 4.74 Å². The van der Waals surface area contributed by atoms with Crippen molar-refractivity contribution >= 4 is 11.9 Å². The summed E-state index contributed by atoms with van der Waals surface area (Å²) in [5.41, 5.74) is 0. The van der Waals surface area contributed by atoms with Crippen molar-refractivity contribution in [3.63, 3.8) is 0 Å². The van der Waals surface area contributed by atoms with E-state index < -0.39 is 24.0 Å². The van der Waals surface area contributed by atoms with Crippen molar-refractivity contribution in [3.8, 4) is 0 Å². The lowest BCUT2D eigenvalue weighted by Gasteiger charge is -1.80. The third kappa shape index (κ3) is 0.652. The van der Waals surface area contributed by atoms with Gasteiger partial charge in [-0.1, -0.05) is 0 Å². The zero-order chi connectivity index (χ0) is 7.02. The molecule has 0 saturated heterocycles. The highest BCUT2D eigenvalue weighted by Gasteiger charge is 2.10. The molecule has 1 aliphatic rings. The maximum Gasteiger partial charge on any atom is 0.338 e. The van der Waals surface area contributed by atoms with Crippen LogP contribution in [0.15, 0.2) is 12.1 Å². The highest BCUT2D eigenvalue weighted by molar-refractivity contribution is 6.04. The van der Waals surface area contributed by atoms with Gasteiger partial charge in [-0.2, -0.15) is 0 Å². The molecule has 0 saturated carbocycles. The minimum Gasteiger partial charge on any atom is -0.387 e. The third-order valence-corrected chi connectivity index (χ3v) is 0.452. The lowest BCUT2D eigenvalue weighted by atomic mass is 10.6. The van der Waals surface area contributed by atoms with Crippen molar-refractivity contribution in [1.29, 1.82) is 0 Å². The molecule has 0 radical (unpaired) electrons. The summed E-state index contributed by atoms with van der Waals surface area (Å²) in [5.74, 6) is -2.07. The number of carbonyl (C=O) groups is 2. The number of cyclic esters (lactones) is 2. The molecule has 1 heterocycles. The molecule has 0 aliphatic carbocycles. The van der Waals surface area contributed by atoms with Crippen LogP contribution in [0.5, 0.6) is 0 Å². The summed E-state index contributed by atoms with van der Waals surface area (Å²) < 4.78 is 17.2. The van der Waals surface area contributed by atoms with Crippen LogP contribution in [-0.2, 0) is 14.3 Å². The first-order chi connectivity index (χ1) is 4.13. The van der Waals surface area contributed by atoms with Gasteiger partial charge in [0.15, 0.2) is 0 Å².